The first-order valence-corrected chi connectivity index (χ1v) is 9.37. The van der Waals surface area contributed by atoms with Crippen LogP contribution in [0.3, 0.4) is 0 Å². The van der Waals surface area contributed by atoms with Gasteiger partial charge in [0.1, 0.15) is 5.82 Å². The minimum Gasteiger partial charge on any atom is -0.303 e. The van der Waals surface area contributed by atoms with Gasteiger partial charge in [-0.15, -0.1) is 12.4 Å². The fraction of sp³-hybridized carbons (Fsp3) is 0.348. The summed E-state index contributed by atoms with van der Waals surface area (Å²) in [5.74, 6) is -0.202. The molecule has 0 N–H and O–H groups in total. The monoisotopic (exact) mass is 387 g/mol. The van der Waals surface area contributed by atoms with Gasteiger partial charge in [0.05, 0.1) is 0 Å². The minimum atomic E-state index is -0.302. The van der Waals surface area contributed by atoms with Gasteiger partial charge < -0.3 is 4.90 Å². The second kappa shape index (κ2) is 10.4. The maximum absolute atomic E-state index is 12.9. The van der Waals surface area contributed by atoms with E-state index in [-0.39, 0.29) is 24.0 Å². The van der Waals surface area contributed by atoms with Crippen molar-refractivity contribution in [2.45, 2.75) is 32.6 Å². The molecule has 2 nitrogen and oxygen atoms in total. The second-order valence-corrected chi connectivity index (χ2v) is 7.09. The highest BCUT2D eigenvalue weighted by molar-refractivity contribution is 5.95. The van der Waals surface area contributed by atoms with Crippen LogP contribution in [0.15, 0.2) is 54.1 Å². The van der Waals surface area contributed by atoms with E-state index in [1.54, 1.807) is 12.1 Å². The molecule has 0 saturated carbocycles. The van der Waals surface area contributed by atoms with Crippen LogP contribution >= 0.6 is 12.4 Å². The van der Waals surface area contributed by atoms with Gasteiger partial charge in [0.2, 0.25) is 0 Å². The molecule has 0 amide bonds. The standard InChI is InChI=1S/C23H26FNO.ClH/c1-18-4-6-19(7-5-18)17-20-12-15-25(16-13-20)14-2-3-23(26)21-8-10-22(24)11-9-21;/h4-11,17H,2-3,12-16H2,1H3;1H. The van der Waals surface area contributed by atoms with E-state index in [0.29, 0.717) is 12.0 Å². The molecule has 0 atom stereocenters. The molecule has 0 aromatic heterocycles. The molecule has 0 aliphatic carbocycles. The Hall–Kier alpha value is -1.97. The van der Waals surface area contributed by atoms with Crippen molar-refractivity contribution in [3.8, 4) is 0 Å². The fourth-order valence-corrected chi connectivity index (χ4v) is 3.35. The number of carbonyl (C=O) groups excluding carboxylic acids is 1. The first kappa shape index (κ1) is 21.3. The van der Waals surface area contributed by atoms with E-state index in [0.717, 1.165) is 38.9 Å². The number of benzene rings is 2. The SMILES string of the molecule is Cc1ccc(C=C2CCN(CCCC(=O)c3ccc(F)cc3)CC2)cc1.Cl. The van der Waals surface area contributed by atoms with Gasteiger partial charge in [-0.2, -0.15) is 0 Å². The lowest BCUT2D eigenvalue weighted by Gasteiger charge is -2.28. The number of hydrogen-bond donors (Lipinski definition) is 0. The highest BCUT2D eigenvalue weighted by Gasteiger charge is 2.14. The van der Waals surface area contributed by atoms with E-state index < -0.39 is 0 Å². The summed E-state index contributed by atoms with van der Waals surface area (Å²) >= 11 is 0. The average molecular weight is 388 g/mol. The van der Waals surface area contributed by atoms with Crippen molar-refractivity contribution < 1.29 is 9.18 Å². The molecule has 2 aromatic carbocycles. The third-order valence-corrected chi connectivity index (χ3v) is 4.99. The highest BCUT2D eigenvalue weighted by Crippen LogP contribution is 2.20. The summed E-state index contributed by atoms with van der Waals surface area (Å²) in [7, 11) is 0. The maximum Gasteiger partial charge on any atom is 0.162 e. The maximum atomic E-state index is 12.9. The second-order valence-electron chi connectivity index (χ2n) is 7.09. The van der Waals surface area contributed by atoms with Gasteiger partial charge in [-0.3, -0.25) is 4.79 Å². The van der Waals surface area contributed by atoms with Gasteiger partial charge in [0.25, 0.3) is 0 Å². The molecule has 2 aromatic rings. The molecule has 0 bridgehead atoms. The number of hydrogen-bond acceptors (Lipinski definition) is 2. The van der Waals surface area contributed by atoms with E-state index in [9.17, 15) is 9.18 Å². The van der Waals surface area contributed by atoms with Crippen LogP contribution in [0.1, 0.15) is 47.2 Å². The van der Waals surface area contributed by atoms with Crippen LogP contribution in [0, 0.1) is 12.7 Å². The summed E-state index contributed by atoms with van der Waals surface area (Å²) in [6.07, 6.45) is 5.88. The summed E-state index contributed by atoms with van der Waals surface area (Å²) in [5.41, 5.74) is 4.68. The smallest absolute Gasteiger partial charge is 0.162 e. The summed E-state index contributed by atoms with van der Waals surface area (Å²) in [4.78, 5) is 14.6. The Morgan fingerprint density at radius 2 is 1.67 bits per heavy atom. The van der Waals surface area contributed by atoms with Gasteiger partial charge in [-0.05, 0) is 62.6 Å². The van der Waals surface area contributed by atoms with Crippen LogP contribution in [0.4, 0.5) is 4.39 Å². The summed E-state index contributed by atoms with van der Waals surface area (Å²) < 4.78 is 12.9. The molecule has 144 valence electrons. The predicted molar refractivity (Wildman–Crippen MR) is 112 cm³/mol. The quantitative estimate of drug-likeness (QED) is 0.592. The third kappa shape index (κ3) is 6.60. The fourth-order valence-electron chi connectivity index (χ4n) is 3.35. The van der Waals surface area contributed by atoms with Crippen LogP contribution in [0.5, 0.6) is 0 Å². The summed E-state index contributed by atoms with van der Waals surface area (Å²) in [6.45, 7) is 5.17. The molecule has 1 saturated heterocycles. The van der Waals surface area contributed by atoms with Gasteiger partial charge in [0, 0.05) is 25.1 Å². The number of carbonyl (C=O) groups is 1. The molecule has 27 heavy (non-hydrogen) atoms. The Morgan fingerprint density at radius 1 is 1.04 bits per heavy atom. The van der Waals surface area contributed by atoms with Crippen LogP contribution < -0.4 is 0 Å². The van der Waals surface area contributed by atoms with E-state index >= 15 is 0 Å². The molecular weight excluding hydrogens is 361 g/mol. The van der Waals surface area contributed by atoms with Gasteiger partial charge in [0.15, 0.2) is 5.78 Å². The van der Waals surface area contributed by atoms with Crippen LogP contribution in [-0.4, -0.2) is 30.3 Å². The Kier molecular flexibility index (Phi) is 8.21. The number of likely N-dealkylation sites (tertiary alicyclic amines) is 1. The number of piperidine rings is 1. The third-order valence-electron chi connectivity index (χ3n) is 4.99. The lowest BCUT2D eigenvalue weighted by molar-refractivity contribution is 0.0974. The molecule has 1 aliphatic rings. The predicted octanol–water partition coefficient (Wildman–Crippen LogP) is 5.70. The number of rotatable bonds is 6. The van der Waals surface area contributed by atoms with Crippen molar-refractivity contribution in [3.63, 3.8) is 0 Å². The van der Waals surface area contributed by atoms with E-state index in [1.807, 2.05) is 0 Å². The first-order chi connectivity index (χ1) is 12.6. The minimum absolute atomic E-state index is 0. The zero-order chi connectivity index (χ0) is 18.4. The van der Waals surface area contributed by atoms with Crippen molar-refractivity contribution >= 4 is 24.3 Å². The average Bonchev–Trinajstić information content (AvgIpc) is 2.65. The Bertz CT molecular complexity index is 758. The molecule has 0 spiro atoms. The first-order valence-electron chi connectivity index (χ1n) is 9.37. The molecule has 0 radical (unpaired) electrons. The van der Waals surface area contributed by atoms with Crippen molar-refractivity contribution in [2.75, 3.05) is 19.6 Å². The number of aryl methyl sites for hydroxylation is 1. The van der Waals surface area contributed by atoms with E-state index in [1.165, 1.54) is 28.8 Å². The van der Waals surface area contributed by atoms with Gasteiger partial charge >= 0.3 is 0 Å². The molecule has 1 fully saturated rings. The summed E-state index contributed by atoms with van der Waals surface area (Å²) in [5, 5.41) is 0. The molecule has 1 aliphatic heterocycles. The topological polar surface area (TPSA) is 20.3 Å². The van der Waals surface area contributed by atoms with E-state index in [2.05, 4.69) is 42.2 Å². The molecule has 1 heterocycles. The molecule has 4 heteroatoms. The van der Waals surface area contributed by atoms with Crippen molar-refractivity contribution in [3.05, 3.63) is 76.6 Å². The summed E-state index contributed by atoms with van der Waals surface area (Å²) in [6, 6.07) is 14.5. The normalized spacial score (nSPS) is 14.5. The lowest BCUT2D eigenvalue weighted by atomic mass is 10.00. The number of halogens is 2. The van der Waals surface area contributed by atoms with Crippen LogP contribution in [-0.2, 0) is 0 Å². The van der Waals surface area contributed by atoms with Crippen molar-refractivity contribution in [1.82, 2.24) is 4.90 Å². The van der Waals surface area contributed by atoms with Gasteiger partial charge in [-0.1, -0.05) is 41.5 Å². The van der Waals surface area contributed by atoms with Gasteiger partial charge in [-0.25, -0.2) is 4.39 Å². The van der Waals surface area contributed by atoms with Crippen molar-refractivity contribution in [2.24, 2.45) is 0 Å². The zero-order valence-electron chi connectivity index (χ0n) is 15.8. The highest BCUT2D eigenvalue weighted by atomic mass is 35.5. The van der Waals surface area contributed by atoms with Crippen molar-refractivity contribution in [1.29, 1.82) is 0 Å². The molecule has 3 rings (SSSR count). The van der Waals surface area contributed by atoms with Crippen LogP contribution in [0.2, 0.25) is 0 Å². The lowest BCUT2D eigenvalue weighted by Crippen LogP contribution is -2.31. The Labute approximate surface area is 167 Å². The van der Waals surface area contributed by atoms with Crippen LogP contribution in [0.25, 0.3) is 6.08 Å². The number of nitrogens with zero attached hydrogens (tertiary/aromatic N) is 1. The number of ketones is 1. The molecular formula is C23H27ClFNO. The Balaban J connectivity index is 0.00000261. The molecule has 0 unspecified atom stereocenters. The Morgan fingerprint density at radius 3 is 2.30 bits per heavy atom. The van der Waals surface area contributed by atoms with E-state index in [4.69, 9.17) is 0 Å². The largest absolute Gasteiger partial charge is 0.303 e. The number of Topliss-reactive ketones (excluding diaryl/α,β-unsaturated/α-hetero) is 1. The zero-order valence-corrected chi connectivity index (χ0v) is 16.6.